The van der Waals surface area contributed by atoms with Crippen molar-refractivity contribution in [2.45, 2.75) is 38.6 Å². The van der Waals surface area contributed by atoms with Crippen molar-refractivity contribution in [3.8, 4) is 5.75 Å². The summed E-state index contributed by atoms with van der Waals surface area (Å²) in [7, 11) is 0. The summed E-state index contributed by atoms with van der Waals surface area (Å²) in [5.74, 6) is 0.947. The maximum atomic E-state index is 11.4. The number of carbonyl (C=O) groups excluding carboxylic acids is 1. The van der Waals surface area contributed by atoms with Gasteiger partial charge in [-0.1, -0.05) is 19.1 Å². The van der Waals surface area contributed by atoms with Crippen molar-refractivity contribution in [2.24, 2.45) is 0 Å². The number of hydrogen-bond acceptors (Lipinski definition) is 2. The zero-order valence-electron chi connectivity index (χ0n) is 10.2. The van der Waals surface area contributed by atoms with Crippen LogP contribution >= 0.6 is 0 Å². The Kier molecular flexibility index (Phi) is 4.02. The van der Waals surface area contributed by atoms with Crippen LogP contribution in [0.1, 0.15) is 31.7 Å². The van der Waals surface area contributed by atoms with Crippen molar-refractivity contribution in [2.75, 3.05) is 6.61 Å². The number of benzene rings is 1. The van der Waals surface area contributed by atoms with Gasteiger partial charge < -0.3 is 10.1 Å². The van der Waals surface area contributed by atoms with E-state index in [0.717, 1.165) is 25.0 Å². The molecule has 0 aliphatic heterocycles. The van der Waals surface area contributed by atoms with Crippen molar-refractivity contribution < 1.29 is 9.53 Å². The van der Waals surface area contributed by atoms with Gasteiger partial charge in [0.25, 0.3) is 0 Å². The lowest BCUT2D eigenvalue weighted by molar-refractivity contribution is -0.121. The molecule has 0 heterocycles. The number of amides is 1. The van der Waals surface area contributed by atoms with Gasteiger partial charge in [0.05, 0.1) is 13.0 Å². The van der Waals surface area contributed by atoms with Crippen LogP contribution in [0.15, 0.2) is 24.3 Å². The number of hydrogen-bond donors (Lipinski definition) is 1. The molecule has 1 amide bonds. The Hall–Kier alpha value is -1.51. The van der Waals surface area contributed by atoms with Crippen LogP contribution in [0.4, 0.5) is 0 Å². The molecule has 0 spiro atoms. The Morgan fingerprint density at radius 3 is 3.00 bits per heavy atom. The van der Waals surface area contributed by atoms with E-state index in [9.17, 15) is 4.79 Å². The minimum atomic E-state index is 0.0964. The van der Waals surface area contributed by atoms with Crippen LogP contribution in [0.3, 0.4) is 0 Å². The van der Waals surface area contributed by atoms with E-state index in [2.05, 4.69) is 18.3 Å². The molecule has 3 nitrogen and oxygen atoms in total. The molecular formula is C14H19NO2. The van der Waals surface area contributed by atoms with E-state index in [0.29, 0.717) is 19.1 Å². The fraction of sp³-hybridized carbons (Fsp3) is 0.500. The molecule has 1 saturated carbocycles. The summed E-state index contributed by atoms with van der Waals surface area (Å²) < 4.78 is 5.56. The minimum absolute atomic E-state index is 0.0964. The fourth-order valence-corrected chi connectivity index (χ4v) is 1.64. The van der Waals surface area contributed by atoms with Crippen LogP contribution in [0, 0.1) is 0 Å². The van der Waals surface area contributed by atoms with Crippen LogP contribution in [-0.2, 0) is 11.2 Å². The van der Waals surface area contributed by atoms with E-state index in [4.69, 9.17) is 4.74 Å². The van der Waals surface area contributed by atoms with Gasteiger partial charge in [0.2, 0.25) is 5.91 Å². The monoisotopic (exact) mass is 233 g/mol. The molecule has 0 aromatic heterocycles. The number of ether oxygens (including phenoxy) is 1. The third-order valence-electron chi connectivity index (χ3n) is 2.85. The SMILES string of the molecule is CCc1cccc(OCCC(=O)NC2CC2)c1. The third kappa shape index (κ3) is 4.10. The quantitative estimate of drug-likeness (QED) is 0.818. The van der Waals surface area contributed by atoms with Gasteiger partial charge in [-0.25, -0.2) is 0 Å². The molecule has 0 unspecified atom stereocenters. The van der Waals surface area contributed by atoms with Crippen molar-refractivity contribution in [3.63, 3.8) is 0 Å². The molecule has 0 atom stereocenters. The second-order valence-electron chi connectivity index (χ2n) is 4.44. The van der Waals surface area contributed by atoms with Crippen molar-refractivity contribution in [1.29, 1.82) is 0 Å². The molecular weight excluding hydrogens is 214 g/mol. The summed E-state index contributed by atoms with van der Waals surface area (Å²) in [5.41, 5.74) is 1.25. The van der Waals surface area contributed by atoms with Crippen molar-refractivity contribution in [1.82, 2.24) is 5.32 Å². The molecule has 1 fully saturated rings. The van der Waals surface area contributed by atoms with E-state index >= 15 is 0 Å². The average Bonchev–Trinajstić information content (AvgIpc) is 3.13. The van der Waals surface area contributed by atoms with Crippen LogP contribution in [0.2, 0.25) is 0 Å². The topological polar surface area (TPSA) is 38.3 Å². The highest BCUT2D eigenvalue weighted by atomic mass is 16.5. The maximum Gasteiger partial charge on any atom is 0.223 e. The van der Waals surface area contributed by atoms with E-state index in [-0.39, 0.29) is 5.91 Å². The Labute approximate surface area is 102 Å². The van der Waals surface area contributed by atoms with E-state index in [1.165, 1.54) is 5.56 Å². The highest BCUT2D eigenvalue weighted by molar-refractivity contribution is 5.76. The summed E-state index contributed by atoms with van der Waals surface area (Å²) in [6.45, 7) is 2.56. The summed E-state index contributed by atoms with van der Waals surface area (Å²) in [5, 5.41) is 2.94. The van der Waals surface area contributed by atoms with Crippen LogP contribution in [0.5, 0.6) is 5.75 Å². The van der Waals surface area contributed by atoms with E-state index < -0.39 is 0 Å². The highest BCUT2D eigenvalue weighted by Gasteiger charge is 2.22. The van der Waals surface area contributed by atoms with Gasteiger partial charge in [-0.05, 0) is 37.0 Å². The Morgan fingerprint density at radius 2 is 2.29 bits per heavy atom. The number of rotatable bonds is 6. The first-order valence-corrected chi connectivity index (χ1v) is 6.29. The van der Waals surface area contributed by atoms with Gasteiger partial charge in [0.1, 0.15) is 5.75 Å². The average molecular weight is 233 g/mol. The standard InChI is InChI=1S/C14H19NO2/c1-2-11-4-3-5-13(10-11)17-9-8-14(16)15-12-6-7-12/h3-5,10,12H,2,6-9H2,1H3,(H,15,16). The molecule has 92 valence electrons. The predicted octanol–water partition coefficient (Wildman–Crippen LogP) is 2.30. The smallest absolute Gasteiger partial charge is 0.223 e. The molecule has 1 aromatic carbocycles. The summed E-state index contributed by atoms with van der Waals surface area (Å²) in [6, 6.07) is 8.45. The number of aryl methyl sites for hydroxylation is 1. The Balaban J connectivity index is 1.71. The molecule has 17 heavy (non-hydrogen) atoms. The van der Waals surface area contributed by atoms with Gasteiger partial charge >= 0.3 is 0 Å². The number of carbonyl (C=O) groups is 1. The van der Waals surface area contributed by atoms with E-state index in [1.54, 1.807) is 0 Å². The molecule has 1 aliphatic rings. The minimum Gasteiger partial charge on any atom is -0.493 e. The molecule has 0 radical (unpaired) electrons. The largest absolute Gasteiger partial charge is 0.493 e. The molecule has 0 saturated heterocycles. The summed E-state index contributed by atoms with van der Waals surface area (Å²) in [6.07, 6.45) is 3.70. The van der Waals surface area contributed by atoms with Crippen LogP contribution in [0.25, 0.3) is 0 Å². The molecule has 1 aromatic rings. The summed E-state index contributed by atoms with van der Waals surface area (Å²) in [4.78, 5) is 11.4. The first-order valence-electron chi connectivity index (χ1n) is 6.29. The van der Waals surface area contributed by atoms with E-state index in [1.807, 2.05) is 18.2 Å². The van der Waals surface area contributed by atoms with Crippen molar-refractivity contribution >= 4 is 5.91 Å². The summed E-state index contributed by atoms with van der Waals surface area (Å²) >= 11 is 0. The molecule has 2 rings (SSSR count). The van der Waals surface area contributed by atoms with Crippen LogP contribution < -0.4 is 10.1 Å². The van der Waals surface area contributed by atoms with Crippen LogP contribution in [-0.4, -0.2) is 18.6 Å². The first kappa shape index (κ1) is 12.0. The third-order valence-corrected chi connectivity index (χ3v) is 2.85. The van der Waals surface area contributed by atoms with Gasteiger partial charge in [0.15, 0.2) is 0 Å². The van der Waals surface area contributed by atoms with Gasteiger partial charge in [-0.3, -0.25) is 4.79 Å². The van der Waals surface area contributed by atoms with Gasteiger partial charge in [-0.15, -0.1) is 0 Å². The lowest BCUT2D eigenvalue weighted by Gasteiger charge is -2.07. The van der Waals surface area contributed by atoms with Crippen molar-refractivity contribution in [3.05, 3.63) is 29.8 Å². The molecule has 3 heteroatoms. The molecule has 1 aliphatic carbocycles. The second kappa shape index (κ2) is 5.71. The zero-order valence-corrected chi connectivity index (χ0v) is 10.2. The fourth-order valence-electron chi connectivity index (χ4n) is 1.64. The predicted molar refractivity (Wildman–Crippen MR) is 67.1 cm³/mol. The van der Waals surface area contributed by atoms with Gasteiger partial charge in [-0.2, -0.15) is 0 Å². The zero-order chi connectivity index (χ0) is 12.1. The Bertz CT molecular complexity index is 386. The van der Waals surface area contributed by atoms with Gasteiger partial charge in [0, 0.05) is 6.04 Å². The maximum absolute atomic E-state index is 11.4. The first-order chi connectivity index (χ1) is 8.28. The molecule has 1 N–H and O–H groups in total. The highest BCUT2D eigenvalue weighted by Crippen LogP contribution is 2.18. The normalized spacial score (nSPS) is 14.4. The Morgan fingerprint density at radius 1 is 1.47 bits per heavy atom. The number of nitrogens with one attached hydrogen (secondary N) is 1. The lowest BCUT2D eigenvalue weighted by atomic mass is 10.2. The second-order valence-corrected chi connectivity index (χ2v) is 4.44. The lowest BCUT2D eigenvalue weighted by Crippen LogP contribution is -2.26. The molecule has 0 bridgehead atoms.